The van der Waals surface area contributed by atoms with Crippen molar-refractivity contribution in [1.29, 1.82) is 0 Å². The van der Waals surface area contributed by atoms with Crippen LogP contribution in [-0.2, 0) is 14.9 Å². The third-order valence-electron chi connectivity index (χ3n) is 5.15. The standard InChI is InChI=1S/C20H27N3O3/c1-5-26-19(25)23-12-10-22(11-13-23)18(24)20(3,4)17-14(2)21-16-9-7-6-8-15(16)17/h6-9,21H,5,10-13H2,1-4H3. The van der Waals surface area contributed by atoms with Crippen LogP contribution in [0.5, 0.6) is 0 Å². The second-order valence-corrected chi connectivity index (χ2v) is 7.27. The molecule has 1 aliphatic heterocycles. The maximum Gasteiger partial charge on any atom is 0.409 e. The maximum absolute atomic E-state index is 13.3. The number of aryl methyl sites for hydroxylation is 1. The van der Waals surface area contributed by atoms with Gasteiger partial charge >= 0.3 is 6.09 Å². The molecule has 1 aliphatic rings. The van der Waals surface area contributed by atoms with Gasteiger partial charge in [-0.3, -0.25) is 4.79 Å². The Morgan fingerprint density at radius 3 is 2.38 bits per heavy atom. The molecule has 1 N–H and O–H groups in total. The number of ether oxygens (including phenoxy) is 1. The molecule has 1 aromatic carbocycles. The van der Waals surface area contributed by atoms with E-state index < -0.39 is 5.41 Å². The molecule has 0 atom stereocenters. The number of carbonyl (C=O) groups is 2. The number of nitrogens with zero attached hydrogens (tertiary/aromatic N) is 2. The normalized spacial score (nSPS) is 15.4. The number of H-pyrrole nitrogens is 1. The fraction of sp³-hybridized carbons (Fsp3) is 0.500. The van der Waals surface area contributed by atoms with Gasteiger partial charge in [0.05, 0.1) is 12.0 Å². The number of nitrogens with one attached hydrogen (secondary N) is 1. The summed E-state index contributed by atoms with van der Waals surface area (Å²) < 4.78 is 5.05. The summed E-state index contributed by atoms with van der Waals surface area (Å²) in [4.78, 5) is 32.0. The van der Waals surface area contributed by atoms with Crippen molar-refractivity contribution in [3.8, 4) is 0 Å². The van der Waals surface area contributed by atoms with Gasteiger partial charge in [-0.25, -0.2) is 4.79 Å². The largest absolute Gasteiger partial charge is 0.450 e. The molecule has 2 amide bonds. The lowest BCUT2D eigenvalue weighted by Gasteiger charge is -2.38. The van der Waals surface area contributed by atoms with Crippen LogP contribution in [0.2, 0.25) is 0 Å². The van der Waals surface area contributed by atoms with Crippen molar-refractivity contribution in [2.75, 3.05) is 32.8 Å². The van der Waals surface area contributed by atoms with Crippen LogP contribution >= 0.6 is 0 Å². The van der Waals surface area contributed by atoms with Crippen LogP contribution in [0.1, 0.15) is 32.0 Å². The van der Waals surface area contributed by atoms with E-state index in [-0.39, 0.29) is 12.0 Å². The van der Waals surface area contributed by atoms with Crippen LogP contribution in [0.25, 0.3) is 10.9 Å². The number of para-hydroxylation sites is 1. The van der Waals surface area contributed by atoms with E-state index in [1.54, 1.807) is 11.8 Å². The lowest BCUT2D eigenvalue weighted by Crippen LogP contribution is -2.54. The van der Waals surface area contributed by atoms with E-state index in [0.29, 0.717) is 32.8 Å². The maximum atomic E-state index is 13.3. The summed E-state index contributed by atoms with van der Waals surface area (Å²) in [5, 5.41) is 1.09. The smallest absolute Gasteiger partial charge is 0.409 e. The Morgan fingerprint density at radius 1 is 1.12 bits per heavy atom. The molecular formula is C20H27N3O3. The minimum atomic E-state index is -0.643. The molecule has 140 valence electrons. The zero-order chi connectivity index (χ0) is 18.9. The zero-order valence-corrected chi connectivity index (χ0v) is 16.0. The van der Waals surface area contributed by atoms with E-state index in [0.717, 1.165) is 22.2 Å². The third-order valence-corrected chi connectivity index (χ3v) is 5.15. The first-order chi connectivity index (χ1) is 12.4. The fourth-order valence-corrected chi connectivity index (χ4v) is 3.89. The molecule has 2 aromatic rings. The number of carbonyl (C=O) groups excluding carboxylic acids is 2. The average Bonchev–Trinajstić information content (AvgIpc) is 2.97. The van der Waals surface area contributed by atoms with E-state index in [2.05, 4.69) is 11.1 Å². The first kappa shape index (κ1) is 18.3. The highest BCUT2D eigenvalue weighted by Gasteiger charge is 2.38. The molecule has 0 unspecified atom stereocenters. The van der Waals surface area contributed by atoms with E-state index in [4.69, 9.17) is 4.74 Å². The van der Waals surface area contributed by atoms with Gasteiger partial charge in [0.2, 0.25) is 5.91 Å². The molecule has 1 saturated heterocycles. The minimum absolute atomic E-state index is 0.0915. The average molecular weight is 357 g/mol. The lowest BCUT2D eigenvalue weighted by molar-refractivity contribution is -0.137. The van der Waals surface area contributed by atoms with Gasteiger partial charge in [-0.05, 0) is 39.3 Å². The van der Waals surface area contributed by atoms with Gasteiger partial charge in [0, 0.05) is 42.8 Å². The van der Waals surface area contributed by atoms with Gasteiger partial charge < -0.3 is 19.5 Å². The molecule has 2 heterocycles. The Kier molecular flexibility index (Phi) is 4.94. The predicted molar refractivity (Wildman–Crippen MR) is 101 cm³/mol. The summed E-state index contributed by atoms with van der Waals surface area (Å²) in [7, 11) is 0. The molecule has 1 fully saturated rings. The van der Waals surface area contributed by atoms with Gasteiger partial charge in [-0.15, -0.1) is 0 Å². The number of aromatic nitrogens is 1. The number of rotatable bonds is 3. The van der Waals surface area contributed by atoms with E-state index >= 15 is 0 Å². The van der Waals surface area contributed by atoms with Gasteiger partial charge in [0.15, 0.2) is 0 Å². The van der Waals surface area contributed by atoms with Gasteiger partial charge in [0.25, 0.3) is 0 Å². The monoisotopic (exact) mass is 357 g/mol. The van der Waals surface area contributed by atoms with Crippen molar-refractivity contribution in [2.24, 2.45) is 0 Å². The Bertz CT molecular complexity index is 817. The Morgan fingerprint density at radius 2 is 1.73 bits per heavy atom. The molecule has 3 rings (SSSR count). The number of amides is 2. The Hall–Kier alpha value is -2.50. The van der Waals surface area contributed by atoms with Crippen LogP contribution in [-0.4, -0.2) is 59.6 Å². The molecule has 6 nitrogen and oxygen atoms in total. The van der Waals surface area contributed by atoms with Gasteiger partial charge in [-0.2, -0.15) is 0 Å². The van der Waals surface area contributed by atoms with Crippen molar-refractivity contribution in [3.63, 3.8) is 0 Å². The van der Waals surface area contributed by atoms with Crippen molar-refractivity contribution >= 4 is 22.9 Å². The SMILES string of the molecule is CCOC(=O)N1CCN(C(=O)C(C)(C)c2c(C)[nH]c3ccccc23)CC1. The lowest BCUT2D eigenvalue weighted by atomic mass is 9.81. The van der Waals surface area contributed by atoms with Crippen LogP contribution in [0.4, 0.5) is 4.79 Å². The molecule has 0 bridgehead atoms. The summed E-state index contributed by atoms with van der Waals surface area (Å²) in [6.07, 6.45) is -0.300. The van der Waals surface area contributed by atoms with Crippen LogP contribution < -0.4 is 0 Å². The van der Waals surface area contributed by atoms with Crippen molar-refractivity contribution in [1.82, 2.24) is 14.8 Å². The van der Waals surface area contributed by atoms with Crippen LogP contribution in [0, 0.1) is 6.92 Å². The number of hydrogen-bond donors (Lipinski definition) is 1. The topological polar surface area (TPSA) is 65.6 Å². The van der Waals surface area contributed by atoms with Crippen molar-refractivity contribution < 1.29 is 14.3 Å². The van der Waals surface area contributed by atoms with Crippen molar-refractivity contribution in [3.05, 3.63) is 35.5 Å². The Labute approximate surface area is 154 Å². The molecule has 0 radical (unpaired) electrons. The molecule has 0 aliphatic carbocycles. The third kappa shape index (κ3) is 3.16. The quantitative estimate of drug-likeness (QED) is 0.918. The summed E-state index contributed by atoms with van der Waals surface area (Å²) in [5.74, 6) is 0.0915. The minimum Gasteiger partial charge on any atom is -0.450 e. The van der Waals surface area contributed by atoms with Gasteiger partial charge in [0.1, 0.15) is 0 Å². The highest BCUT2D eigenvalue weighted by atomic mass is 16.6. The molecule has 26 heavy (non-hydrogen) atoms. The number of benzene rings is 1. The fourth-order valence-electron chi connectivity index (χ4n) is 3.89. The molecule has 0 saturated carbocycles. The highest BCUT2D eigenvalue weighted by Crippen LogP contribution is 2.35. The highest BCUT2D eigenvalue weighted by molar-refractivity contribution is 5.95. The first-order valence-electron chi connectivity index (χ1n) is 9.15. The number of hydrogen-bond acceptors (Lipinski definition) is 3. The van der Waals surface area contributed by atoms with E-state index in [1.165, 1.54) is 0 Å². The second kappa shape index (κ2) is 7.02. The van der Waals surface area contributed by atoms with Crippen LogP contribution in [0.3, 0.4) is 0 Å². The summed E-state index contributed by atoms with van der Waals surface area (Å²) >= 11 is 0. The number of fused-ring (bicyclic) bond motifs is 1. The summed E-state index contributed by atoms with van der Waals surface area (Å²) in [6.45, 7) is 10.2. The Balaban J connectivity index is 1.79. The number of piperazine rings is 1. The molecule has 0 spiro atoms. The zero-order valence-electron chi connectivity index (χ0n) is 16.0. The van der Waals surface area contributed by atoms with Gasteiger partial charge in [-0.1, -0.05) is 18.2 Å². The van der Waals surface area contributed by atoms with E-state index in [9.17, 15) is 9.59 Å². The summed E-state index contributed by atoms with van der Waals surface area (Å²) in [5.41, 5.74) is 2.48. The molecule has 1 aromatic heterocycles. The van der Waals surface area contributed by atoms with E-state index in [1.807, 2.05) is 43.9 Å². The number of aromatic amines is 1. The molecular weight excluding hydrogens is 330 g/mol. The molecule has 6 heteroatoms. The first-order valence-corrected chi connectivity index (χ1v) is 9.15. The second-order valence-electron chi connectivity index (χ2n) is 7.27. The van der Waals surface area contributed by atoms with Crippen LogP contribution in [0.15, 0.2) is 24.3 Å². The predicted octanol–water partition coefficient (Wildman–Crippen LogP) is 3.05. The summed E-state index contributed by atoms with van der Waals surface area (Å²) in [6, 6.07) is 8.08. The van der Waals surface area contributed by atoms with Crippen molar-refractivity contribution in [2.45, 2.75) is 33.1 Å².